The van der Waals surface area contributed by atoms with Crippen LogP contribution in [-0.2, 0) is 17.8 Å². The minimum Gasteiger partial charge on any atom is -0.311 e. The molecule has 0 radical (unpaired) electrons. The summed E-state index contributed by atoms with van der Waals surface area (Å²) in [6.07, 6.45) is 1.83. The summed E-state index contributed by atoms with van der Waals surface area (Å²) in [7, 11) is 0. The van der Waals surface area contributed by atoms with Gasteiger partial charge < -0.3 is 5.32 Å². The molecule has 0 atom stereocenters. The van der Waals surface area contributed by atoms with Gasteiger partial charge in [0, 0.05) is 27.1 Å². The van der Waals surface area contributed by atoms with Crippen LogP contribution in [0.5, 0.6) is 0 Å². The highest BCUT2D eigenvalue weighted by molar-refractivity contribution is 7.13. The molecule has 4 aromatic rings. The first-order chi connectivity index (χ1) is 14.1. The molecule has 1 N–H and O–H groups in total. The zero-order chi connectivity index (χ0) is 20.2. The predicted molar refractivity (Wildman–Crippen MR) is 118 cm³/mol. The Morgan fingerprint density at radius 2 is 1.86 bits per heavy atom. The average Bonchev–Trinajstić information content (AvgIpc) is 3.34. The normalized spacial score (nSPS) is 10.8. The van der Waals surface area contributed by atoms with Crippen LogP contribution in [0.25, 0.3) is 10.6 Å². The van der Waals surface area contributed by atoms with Crippen LogP contribution in [0, 0.1) is 0 Å². The van der Waals surface area contributed by atoms with Gasteiger partial charge in [0.2, 0.25) is 5.91 Å². The Balaban J connectivity index is 1.42. The van der Waals surface area contributed by atoms with Crippen LogP contribution < -0.4 is 5.32 Å². The molecule has 4 rings (SSSR count). The molecule has 146 valence electrons. The van der Waals surface area contributed by atoms with Gasteiger partial charge in [-0.3, -0.25) is 4.79 Å². The second-order valence-electron chi connectivity index (χ2n) is 6.34. The number of anilines is 1. The fraction of sp³-hybridized carbons (Fsp3) is 0.0952. The van der Waals surface area contributed by atoms with E-state index in [0.717, 1.165) is 21.8 Å². The van der Waals surface area contributed by atoms with E-state index in [0.29, 0.717) is 22.4 Å². The lowest BCUT2D eigenvalue weighted by molar-refractivity contribution is -0.115. The summed E-state index contributed by atoms with van der Waals surface area (Å²) in [5, 5.41) is 11.3. The fourth-order valence-corrected chi connectivity index (χ4v) is 3.96. The number of nitrogens with zero attached hydrogens (tertiary/aromatic N) is 3. The molecule has 0 saturated carbocycles. The molecular weight excluding hydrogens is 427 g/mol. The van der Waals surface area contributed by atoms with Gasteiger partial charge in [-0.15, -0.1) is 11.3 Å². The van der Waals surface area contributed by atoms with Crippen molar-refractivity contribution in [1.29, 1.82) is 0 Å². The van der Waals surface area contributed by atoms with Gasteiger partial charge in [-0.25, -0.2) is 9.67 Å². The quantitative estimate of drug-likeness (QED) is 0.426. The van der Waals surface area contributed by atoms with Crippen molar-refractivity contribution in [2.75, 3.05) is 5.32 Å². The van der Waals surface area contributed by atoms with Gasteiger partial charge in [-0.1, -0.05) is 53.5 Å². The van der Waals surface area contributed by atoms with E-state index in [4.69, 9.17) is 23.2 Å². The number of hydrogen-bond acceptors (Lipinski definition) is 4. The van der Waals surface area contributed by atoms with Gasteiger partial charge in [0.1, 0.15) is 10.8 Å². The number of thiazole rings is 1. The van der Waals surface area contributed by atoms with E-state index in [2.05, 4.69) is 15.4 Å². The van der Waals surface area contributed by atoms with Crippen LogP contribution in [0.2, 0.25) is 10.0 Å². The molecule has 0 aliphatic rings. The van der Waals surface area contributed by atoms with Crippen molar-refractivity contribution in [3.05, 3.63) is 87.5 Å². The Morgan fingerprint density at radius 1 is 1.07 bits per heavy atom. The van der Waals surface area contributed by atoms with Crippen molar-refractivity contribution < 1.29 is 4.79 Å². The second kappa shape index (κ2) is 8.78. The zero-order valence-corrected chi connectivity index (χ0v) is 17.5. The molecule has 2 aromatic heterocycles. The summed E-state index contributed by atoms with van der Waals surface area (Å²) in [5.74, 6) is 0.460. The van der Waals surface area contributed by atoms with E-state index in [1.165, 1.54) is 11.3 Å². The van der Waals surface area contributed by atoms with Crippen LogP contribution in [0.15, 0.2) is 66.2 Å². The molecule has 29 heavy (non-hydrogen) atoms. The van der Waals surface area contributed by atoms with Gasteiger partial charge in [-0.2, -0.15) is 5.10 Å². The van der Waals surface area contributed by atoms with E-state index in [1.54, 1.807) is 16.9 Å². The summed E-state index contributed by atoms with van der Waals surface area (Å²) in [6.45, 7) is 0.472. The number of amides is 1. The summed E-state index contributed by atoms with van der Waals surface area (Å²) >= 11 is 13.7. The van der Waals surface area contributed by atoms with Gasteiger partial charge in [-0.05, 0) is 23.8 Å². The molecule has 0 spiro atoms. The Hall–Kier alpha value is -2.67. The summed E-state index contributed by atoms with van der Waals surface area (Å²) in [4.78, 5) is 17.1. The van der Waals surface area contributed by atoms with Crippen LogP contribution in [0.3, 0.4) is 0 Å². The van der Waals surface area contributed by atoms with Crippen LogP contribution in [-0.4, -0.2) is 20.7 Å². The minimum atomic E-state index is -0.154. The van der Waals surface area contributed by atoms with Crippen molar-refractivity contribution in [3.63, 3.8) is 0 Å². The van der Waals surface area contributed by atoms with Gasteiger partial charge in [0.15, 0.2) is 0 Å². The van der Waals surface area contributed by atoms with Crippen molar-refractivity contribution in [2.24, 2.45) is 0 Å². The molecule has 0 unspecified atom stereocenters. The molecule has 0 fully saturated rings. The van der Waals surface area contributed by atoms with Crippen LogP contribution >= 0.6 is 34.5 Å². The SMILES string of the molecule is O=C(Cc1csc(-c2ccc(Cl)cc2)n1)Nc1ccnn1Cc1ccccc1Cl. The summed E-state index contributed by atoms with van der Waals surface area (Å²) in [5.41, 5.74) is 2.62. The number of carbonyl (C=O) groups is 1. The number of halogens is 2. The van der Waals surface area contributed by atoms with Crippen molar-refractivity contribution >= 4 is 46.3 Å². The Morgan fingerprint density at radius 3 is 2.66 bits per heavy atom. The van der Waals surface area contributed by atoms with Gasteiger partial charge in [0.25, 0.3) is 0 Å². The Bertz CT molecular complexity index is 1140. The Kier molecular flexibility index (Phi) is 5.94. The molecule has 2 heterocycles. The van der Waals surface area contributed by atoms with Crippen LogP contribution in [0.1, 0.15) is 11.3 Å². The molecule has 5 nitrogen and oxygen atoms in total. The molecule has 2 aromatic carbocycles. The standard InChI is InChI=1S/C21H16Cl2N4OS/c22-16-7-5-14(6-8-16)21-25-17(13-29-21)11-20(28)26-19-9-10-24-27(19)12-15-3-1-2-4-18(15)23/h1-10,13H,11-12H2,(H,26,28). The highest BCUT2D eigenvalue weighted by Crippen LogP contribution is 2.25. The molecule has 8 heteroatoms. The maximum atomic E-state index is 12.5. The molecule has 0 bridgehead atoms. The first-order valence-corrected chi connectivity index (χ1v) is 10.5. The third-order valence-electron chi connectivity index (χ3n) is 4.25. The first kappa shape index (κ1) is 19.6. The average molecular weight is 443 g/mol. The number of nitrogens with one attached hydrogen (secondary N) is 1. The zero-order valence-electron chi connectivity index (χ0n) is 15.2. The topological polar surface area (TPSA) is 59.8 Å². The summed E-state index contributed by atoms with van der Waals surface area (Å²) < 4.78 is 1.71. The van der Waals surface area contributed by atoms with Gasteiger partial charge >= 0.3 is 0 Å². The highest BCUT2D eigenvalue weighted by atomic mass is 35.5. The maximum Gasteiger partial charge on any atom is 0.231 e. The van der Waals surface area contributed by atoms with Crippen LogP contribution in [0.4, 0.5) is 5.82 Å². The lowest BCUT2D eigenvalue weighted by atomic mass is 10.2. The number of aromatic nitrogens is 3. The Labute approximate surface area is 181 Å². The minimum absolute atomic E-state index is 0.154. The smallest absolute Gasteiger partial charge is 0.231 e. The van der Waals surface area contributed by atoms with Crippen molar-refractivity contribution in [2.45, 2.75) is 13.0 Å². The monoisotopic (exact) mass is 442 g/mol. The molecule has 1 amide bonds. The number of carbonyl (C=O) groups excluding carboxylic acids is 1. The third kappa shape index (κ3) is 4.85. The lowest BCUT2D eigenvalue weighted by Crippen LogP contribution is -2.18. The van der Waals surface area contributed by atoms with E-state index >= 15 is 0 Å². The van der Waals surface area contributed by atoms with E-state index in [9.17, 15) is 4.79 Å². The highest BCUT2D eigenvalue weighted by Gasteiger charge is 2.12. The molecule has 0 saturated heterocycles. The summed E-state index contributed by atoms with van der Waals surface area (Å²) in [6, 6.07) is 16.8. The number of rotatable bonds is 6. The number of hydrogen-bond donors (Lipinski definition) is 1. The van der Waals surface area contributed by atoms with E-state index < -0.39 is 0 Å². The lowest BCUT2D eigenvalue weighted by Gasteiger charge is -2.09. The van der Waals surface area contributed by atoms with Crippen molar-refractivity contribution in [1.82, 2.24) is 14.8 Å². The second-order valence-corrected chi connectivity index (χ2v) is 8.04. The first-order valence-electron chi connectivity index (χ1n) is 8.84. The molecular formula is C21H16Cl2N4OS. The molecule has 0 aliphatic heterocycles. The van der Waals surface area contributed by atoms with Gasteiger partial charge in [0.05, 0.1) is 24.9 Å². The van der Waals surface area contributed by atoms with E-state index in [-0.39, 0.29) is 12.3 Å². The van der Waals surface area contributed by atoms with E-state index in [1.807, 2.05) is 53.9 Å². The third-order valence-corrected chi connectivity index (χ3v) is 5.81. The molecule has 0 aliphatic carbocycles. The van der Waals surface area contributed by atoms with Crippen molar-refractivity contribution in [3.8, 4) is 10.6 Å². The number of benzene rings is 2. The fourth-order valence-electron chi connectivity index (χ4n) is 2.82. The predicted octanol–water partition coefficient (Wildman–Crippen LogP) is 5.54. The maximum absolute atomic E-state index is 12.5. The largest absolute Gasteiger partial charge is 0.311 e.